The Balaban J connectivity index is 5.42. The maximum absolute atomic E-state index is 13.1. The Morgan fingerprint density at radius 3 is 0.769 bits per heavy atom. The number of rotatable bonds is 79. The average Bonchev–Trinajstić information content (AvgIpc) is 0.900. The lowest BCUT2D eigenvalue weighted by Crippen LogP contribution is -2.30. The number of hydrogen-bond acceptors (Lipinski definition) is 15. The zero-order valence-electron chi connectivity index (χ0n) is 68.0. The Morgan fingerprint density at radius 2 is 0.481 bits per heavy atom. The molecule has 0 aliphatic heterocycles. The number of carbonyl (C=O) groups excluding carboxylic acids is 4. The molecule has 0 saturated carbocycles. The highest BCUT2D eigenvalue weighted by Gasteiger charge is 2.30. The molecule has 5 unspecified atom stereocenters. The van der Waals surface area contributed by atoms with E-state index in [4.69, 9.17) is 37.0 Å². The third-order valence-corrected chi connectivity index (χ3v) is 19.5. The monoisotopic (exact) mass is 1560 g/mol. The van der Waals surface area contributed by atoms with Crippen LogP contribution in [0.3, 0.4) is 0 Å². The second kappa shape index (κ2) is 80.3. The zero-order valence-corrected chi connectivity index (χ0v) is 69.8. The summed E-state index contributed by atoms with van der Waals surface area (Å²) >= 11 is 0. The first kappa shape index (κ1) is 103. The van der Waals surface area contributed by atoms with E-state index in [2.05, 4.69) is 161 Å². The van der Waals surface area contributed by atoms with E-state index in [0.29, 0.717) is 25.7 Å². The van der Waals surface area contributed by atoms with Gasteiger partial charge in [0.05, 0.1) is 26.4 Å². The number of phosphoric ester groups is 2. The van der Waals surface area contributed by atoms with Crippen LogP contribution >= 0.6 is 15.6 Å². The highest BCUT2D eigenvalue weighted by atomic mass is 31.2. The van der Waals surface area contributed by atoms with Gasteiger partial charge >= 0.3 is 39.5 Å². The van der Waals surface area contributed by atoms with E-state index < -0.39 is 97.5 Å². The number of hydrogen-bond donors (Lipinski definition) is 3. The van der Waals surface area contributed by atoms with Crippen molar-refractivity contribution in [2.75, 3.05) is 39.6 Å². The molecule has 17 nitrogen and oxygen atoms in total. The van der Waals surface area contributed by atoms with Gasteiger partial charge in [0.15, 0.2) is 12.2 Å². The second-order valence-electron chi connectivity index (χ2n) is 28.0. The van der Waals surface area contributed by atoms with Crippen LogP contribution in [0.1, 0.15) is 349 Å². The number of aliphatic hydroxyl groups is 1. The number of carbonyl (C=O) groups is 4. The van der Waals surface area contributed by atoms with Crippen LogP contribution in [0.2, 0.25) is 0 Å². The maximum atomic E-state index is 13.1. The summed E-state index contributed by atoms with van der Waals surface area (Å²) in [4.78, 5) is 73.2. The molecule has 0 rings (SSSR count). The summed E-state index contributed by atoms with van der Waals surface area (Å²) in [6.45, 7) is 4.60. The number of unbranched alkanes of at least 4 members (excludes halogenated alkanes) is 31. The van der Waals surface area contributed by atoms with E-state index in [1.165, 1.54) is 57.8 Å². The summed E-state index contributed by atoms with van der Waals surface area (Å²) in [7, 11) is -9.99. The number of esters is 4. The summed E-state index contributed by atoms with van der Waals surface area (Å²) in [5.74, 6) is -2.23. The van der Waals surface area contributed by atoms with Gasteiger partial charge < -0.3 is 33.8 Å². The van der Waals surface area contributed by atoms with Crippen molar-refractivity contribution in [3.8, 4) is 0 Å². The highest BCUT2D eigenvalue weighted by molar-refractivity contribution is 7.47. The van der Waals surface area contributed by atoms with Crippen molar-refractivity contribution in [1.29, 1.82) is 0 Å². The molecule has 0 aromatic heterocycles. The molecule has 0 aliphatic rings. The first-order valence-corrected chi connectivity index (χ1v) is 45.4. The number of allylic oxidation sites excluding steroid dienone is 22. The van der Waals surface area contributed by atoms with E-state index >= 15 is 0 Å². The average molecular weight is 1560 g/mol. The van der Waals surface area contributed by atoms with E-state index in [0.717, 1.165) is 212 Å². The zero-order chi connectivity index (χ0) is 78.9. The number of ether oxygens (including phenoxy) is 4. The fourth-order valence-corrected chi connectivity index (χ4v) is 12.7. The van der Waals surface area contributed by atoms with Gasteiger partial charge in [0, 0.05) is 25.7 Å². The number of phosphoric acid groups is 2. The van der Waals surface area contributed by atoms with Crippen LogP contribution in [0.15, 0.2) is 134 Å². The molecule has 0 bridgehead atoms. The smallest absolute Gasteiger partial charge is 0.462 e. The summed E-state index contributed by atoms with van der Waals surface area (Å²) < 4.78 is 68.8. The molecule has 3 N–H and O–H groups in total. The molecule has 0 amide bonds. The summed E-state index contributed by atoms with van der Waals surface area (Å²) in [6.07, 6.45) is 91.2. The topological polar surface area (TPSA) is 237 Å². The normalized spacial score (nSPS) is 14.5. The minimum Gasteiger partial charge on any atom is -0.462 e. The van der Waals surface area contributed by atoms with Gasteiger partial charge in [-0.3, -0.25) is 37.3 Å². The standard InChI is InChI=1S/C89H152O17P2/c1-5-9-13-17-21-25-29-33-37-40-41-44-47-50-54-58-62-66-70-74-87(92)100-80-85(106-89(94)76-72-68-64-60-56-52-48-43-39-35-31-27-23-19-15-11-7-3)82-104-108(97,98)102-78-83(90)77-101-107(95,96)103-81-84(105-88(93)75-71-67-63-59-55-51-45-36-32-28-24-20-16-12-8-4)79-99-86(91)73-69-65-61-57-53-49-46-42-38-34-30-26-22-18-14-10-6-2/h10-11,14-15,21-23,25-27,33-39,41,44-45,48,52,83-85,90H,5-9,12-13,16-20,24,28-32,40,42-43,46-47,49-51,53-82H2,1-4H3,(H,95,96)(H,97,98)/b14-10-,15-11-,25-21-,26-22-,27-23-,37-33-,38-34-,39-35-,44-41-,45-36-,52-48-. The fourth-order valence-electron chi connectivity index (χ4n) is 11.2. The summed E-state index contributed by atoms with van der Waals surface area (Å²) in [5, 5.41) is 10.7. The Kier molecular flexibility index (Phi) is 76.7. The van der Waals surface area contributed by atoms with Crippen LogP contribution in [-0.2, 0) is 65.4 Å². The van der Waals surface area contributed by atoms with E-state index in [1.807, 2.05) is 0 Å². The van der Waals surface area contributed by atoms with Gasteiger partial charge in [-0.1, -0.05) is 296 Å². The van der Waals surface area contributed by atoms with Gasteiger partial charge in [0.25, 0.3) is 0 Å². The van der Waals surface area contributed by atoms with Crippen molar-refractivity contribution in [2.24, 2.45) is 0 Å². The molecule has 5 atom stereocenters. The molecule has 0 aromatic carbocycles. The van der Waals surface area contributed by atoms with Crippen LogP contribution in [0.5, 0.6) is 0 Å². The Labute approximate surface area is 656 Å². The maximum Gasteiger partial charge on any atom is 0.472 e. The molecular weight excluding hydrogens is 1400 g/mol. The lowest BCUT2D eigenvalue weighted by Gasteiger charge is -2.21. The molecule has 108 heavy (non-hydrogen) atoms. The van der Waals surface area contributed by atoms with Gasteiger partial charge in [-0.2, -0.15) is 0 Å². The lowest BCUT2D eigenvalue weighted by molar-refractivity contribution is -0.161. The SMILES string of the molecule is CC/C=C\C/C=C\C/C=C\C/C=C\CCCCCCC(=O)OC(COC(=O)CCCCCCCC/C=C\C/C=C\C/C=C\CCCCC)COP(=O)(O)OCC(O)COP(=O)(O)OCC(COC(=O)CCCCCCCCC/C=C\C/C=C\C/C=C\CC)OC(=O)CCCCCCC/C=C\CCCCCCCC. The molecule has 0 fully saturated rings. The van der Waals surface area contributed by atoms with Crippen LogP contribution in [0, 0.1) is 0 Å². The van der Waals surface area contributed by atoms with Crippen molar-refractivity contribution < 1.29 is 80.2 Å². The van der Waals surface area contributed by atoms with Crippen LogP contribution in [0.4, 0.5) is 0 Å². The minimum absolute atomic E-state index is 0.0610. The van der Waals surface area contributed by atoms with Crippen molar-refractivity contribution in [3.63, 3.8) is 0 Å². The van der Waals surface area contributed by atoms with Gasteiger partial charge in [-0.15, -0.1) is 0 Å². The van der Waals surface area contributed by atoms with Gasteiger partial charge in [-0.25, -0.2) is 9.13 Å². The van der Waals surface area contributed by atoms with E-state index in [1.54, 1.807) is 0 Å². The molecule has 0 radical (unpaired) electrons. The van der Waals surface area contributed by atoms with Gasteiger partial charge in [-0.05, 0) is 161 Å². The minimum atomic E-state index is -5.00. The molecular formula is C89H152O17P2. The number of aliphatic hydroxyl groups excluding tert-OH is 1. The van der Waals surface area contributed by atoms with E-state index in [9.17, 15) is 43.2 Å². The van der Waals surface area contributed by atoms with Crippen molar-refractivity contribution >= 4 is 39.5 Å². The van der Waals surface area contributed by atoms with Gasteiger partial charge in [0.1, 0.15) is 19.3 Å². The van der Waals surface area contributed by atoms with Crippen molar-refractivity contribution in [3.05, 3.63) is 134 Å². The molecule has 0 aliphatic carbocycles. The Morgan fingerprint density at radius 1 is 0.269 bits per heavy atom. The molecule has 620 valence electrons. The third-order valence-electron chi connectivity index (χ3n) is 17.6. The molecule has 0 heterocycles. The largest absolute Gasteiger partial charge is 0.472 e. The first-order chi connectivity index (χ1) is 52.7. The third kappa shape index (κ3) is 79.3. The molecule has 0 aromatic rings. The predicted molar refractivity (Wildman–Crippen MR) is 445 cm³/mol. The summed E-state index contributed by atoms with van der Waals surface area (Å²) in [6, 6.07) is 0. The first-order valence-electron chi connectivity index (χ1n) is 42.4. The highest BCUT2D eigenvalue weighted by Crippen LogP contribution is 2.45. The van der Waals surface area contributed by atoms with Gasteiger partial charge in [0.2, 0.25) is 0 Å². The fraction of sp³-hybridized carbons (Fsp3) is 0.708. The summed E-state index contributed by atoms with van der Waals surface area (Å²) in [5.41, 5.74) is 0. The Hall–Kier alpha value is -4.80. The van der Waals surface area contributed by atoms with Crippen molar-refractivity contribution in [1.82, 2.24) is 0 Å². The van der Waals surface area contributed by atoms with E-state index in [-0.39, 0.29) is 25.7 Å². The van der Waals surface area contributed by atoms with Crippen LogP contribution in [0.25, 0.3) is 0 Å². The predicted octanol–water partition coefficient (Wildman–Crippen LogP) is 25.2. The molecule has 0 spiro atoms. The van der Waals surface area contributed by atoms with Crippen LogP contribution < -0.4 is 0 Å². The second-order valence-corrected chi connectivity index (χ2v) is 30.9. The lowest BCUT2D eigenvalue weighted by atomic mass is 10.1. The Bertz CT molecular complexity index is 2560. The van der Waals surface area contributed by atoms with Crippen LogP contribution in [-0.4, -0.2) is 96.7 Å². The molecule has 0 saturated heterocycles. The molecule has 19 heteroatoms. The van der Waals surface area contributed by atoms with Crippen molar-refractivity contribution in [2.45, 2.75) is 367 Å². The quantitative estimate of drug-likeness (QED) is 0.0169.